The van der Waals surface area contributed by atoms with Gasteiger partial charge in [-0.05, 0) is 37.1 Å². The minimum atomic E-state index is -3.54. The van der Waals surface area contributed by atoms with Crippen LogP contribution in [0, 0.1) is 0 Å². The van der Waals surface area contributed by atoms with Crippen molar-refractivity contribution in [3.8, 4) is 11.5 Å². The fourth-order valence-corrected chi connectivity index (χ4v) is 4.70. The maximum absolute atomic E-state index is 12.7. The van der Waals surface area contributed by atoms with E-state index in [4.69, 9.17) is 4.52 Å². The molecule has 0 unspecified atom stereocenters. The summed E-state index contributed by atoms with van der Waals surface area (Å²) in [5, 5.41) is 4.02. The molecule has 10 heteroatoms. The average molecular weight is 452 g/mol. The summed E-state index contributed by atoms with van der Waals surface area (Å²) in [6, 6.07) is 7.55. The number of aromatic nitrogens is 4. The largest absolute Gasteiger partial charge is 0.334 e. The van der Waals surface area contributed by atoms with E-state index in [2.05, 4.69) is 31.1 Å². The Hall–Kier alpha value is -2.04. The third-order valence-electron chi connectivity index (χ3n) is 4.41. The van der Waals surface area contributed by atoms with Crippen LogP contribution in [0.15, 0.2) is 50.8 Å². The average Bonchev–Trinajstić information content (AvgIpc) is 3.34. The Bertz CT molecular complexity index is 1020. The fourth-order valence-electron chi connectivity index (χ4n) is 2.99. The highest BCUT2D eigenvalue weighted by Gasteiger charge is 2.28. The number of imidazole rings is 1. The third kappa shape index (κ3) is 3.97. The molecule has 1 aliphatic heterocycles. The summed E-state index contributed by atoms with van der Waals surface area (Å²) in [5.41, 5.74) is 0.816. The first-order valence-corrected chi connectivity index (χ1v) is 10.9. The predicted octanol–water partition coefficient (Wildman–Crippen LogP) is 2.92. The molecule has 1 aliphatic rings. The zero-order valence-corrected chi connectivity index (χ0v) is 16.9. The van der Waals surface area contributed by atoms with Crippen molar-refractivity contribution in [1.29, 1.82) is 0 Å². The number of rotatable bonds is 5. The number of hydrogen-bond donors (Lipinski definition) is 0. The molecule has 1 aromatic carbocycles. The molecule has 0 N–H and O–H groups in total. The smallest absolute Gasteiger partial charge is 0.262 e. The highest BCUT2D eigenvalue weighted by Crippen LogP contribution is 2.21. The normalized spacial score (nSPS) is 15.9. The lowest BCUT2D eigenvalue weighted by atomic mass is 10.2. The van der Waals surface area contributed by atoms with E-state index in [1.165, 1.54) is 16.8 Å². The zero-order chi connectivity index (χ0) is 18.9. The molecule has 0 aliphatic carbocycles. The predicted molar refractivity (Wildman–Crippen MR) is 101 cm³/mol. The second-order valence-electron chi connectivity index (χ2n) is 6.37. The van der Waals surface area contributed by atoms with E-state index in [-0.39, 0.29) is 11.6 Å². The molecule has 0 amide bonds. The molecule has 3 heterocycles. The van der Waals surface area contributed by atoms with Gasteiger partial charge in [-0.15, -0.1) is 0 Å². The van der Waals surface area contributed by atoms with Crippen molar-refractivity contribution in [2.75, 3.05) is 13.1 Å². The van der Waals surface area contributed by atoms with Crippen molar-refractivity contribution in [2.24, 2.45) is 0 Å². The van der Waals surface area contributed by atoms with Gasteiger partial charge < -0.3 is 9.09 Å². The summed E-state index contributed by atoms with van der Waals surface area (Å²) in [5.74, 6) is 0.867. The van der Waals surface area contributed by atoms with Crippen molar-refractivity contribution in [2.45, 2.75) is 30.8 Å². The Morgan fingerprint density at radius 3 is 2.59 bits per heavy atom. The molecule has 1 saturated heterocycles. The molecule has 0 spiro atoms. The van der Waals surface area contributed by atoms with Gasteiger partial charge in [0.25, 0.3) is 15.9 Å². The molecule has 0 saturated carbocycles. The molecular formula is C17H18BrN5O3S. The topological polar surface area (TPSA) is 94.1 Å². The molecular weight excluding hydrogens is 434 g/mol. The maximum Gasteiger partial charge on any atom is 0.262 e. The minimum Gasteiger partial charge on any atom is -0.334 e. The fraction of sp³-hybridized carbons (Fsp3) is 0.353. The number of piperidine rings is 1. The van der Waals surface area contributed by atoms with E-state index in [0.29, 0.717) is 24.8 Å². The summed E-state index contributed by atoms with van der Waals surface area (Å²) in [7, 11) is -3.54. The van der Waals surface area contributed by atoms with Crippen LogP contribution in [0.3, 0.4) is 0 Å². The van der Waals surface area contributed by atoms with Crippen LogP contribution in [-0.2, 0) is 16.6 Å². The van der Waals surface area contributed by atoms with Crippen LogP contribution in [0.5, 0.6) is 0 Å². The highest BCUT2D eigenvalue weighted by molar-refractivity contribution is 9.10. The van der Waals surface area contributed by atoms with E-state index in [9.17, 15) is 8.42 Å². The van der Waals surface area contributed by atoms with Gasteiger partial charge in [0.1, 0.15) is 0 Å². The molecule has 0 atom stereocenters. The lowest BCUT2D eigenvalue weighted by Gasteiger charge is -2.24. The van der Waals surface area contributed by atoms with Gasteiger partial charge in [0.05, 0.1) is 12.9 Å². The van der Waals surface area contributed by atoms with Crippen LogP contribution in [0.1, 0.15) is 25.1 Å². The Morgan fingerprint density at radius 2 is 1.85 bits per heavy atom. The number of halogens is 1. The summed E-state index contributed by atoms with van der Waals surface area (Å²) in [4.78, 5) is 8.44. The van der Waals surface area contributed by atoms with Crippen molar-refractivity contribution in [3.63, 3.8) is 0 Å². The molecule has 3 aromatic rings. The van der Waals surface area contributed by atoms with Gasteiger partial charge in [-0.1, -0.05) is 27.5 Å². The second kappa shape index (κ2) is 7.53. The summed E-state index contributed by atoms with van der Waals surface area (Å²) >= 11 is 3.38. The molecule has 27 heavy (non-hydrogen) atoms. The summed E-state index contributed by atoms with van der Waals surface area (Å²) in [6.45, 7) is 1.38. The first-order valence-electron chi connectivity index (χ1n) is 8.63. The van der Waals surface area contributed by atoms with E-state index in [1.807, 2.05) is 24.3 Å². The molecule has 0 radical (unpaired) electrons. The van der Waals surface area contributed by atoms with Crippen molar-refractivity contribution < 1.29 is 12.9 Å². The Kier molecular flexibility index (Phi) is 5.11. The zero-order valence-electron chi connectivity index (χ0n) is 14.5. The van der Waals surface area contributed by atoms with E-state index < -0.39 is 10.0 Å². The van der Waals surface area contributed by atoms with Gasteiger partial charge in [-0.25, -0.2) is 13.4 Å². The molecule has 142 valence electrons. The lowest BCUT2D eigenvalue weighted by Crippen LogP contribution is -2.35. The SMILES string of the molecule is O=S(=O)(c1cn(Cc2noc(-c3ccc(Br)cc3)n2)cn1)N1CCCCC1. The number of hydrogen-bond acceptors (Lipinski definition) is 6. The van der Waals surface area contributed by atoms with Crippen LogP contribution >= 0.6 is 15.9 Å². The lowest BCUT2D eigenvalue weighted by molar-refractivity contribution is 0.345. The van der Waals surface area contributed by atoms with Gasteiger partial charge in [-0.2, -0.15) is 9.29 Å². The quantitative estimate of drug-likeness (QED) is 0.591. The Balaban J connectivity index is 1.49. The van der Waals surface area contributed by atoms with Gasteiger partial charge >= 0.3 is 0 Å². The van der Waals surface area contributed by atoms with Crippen LogP contribution in [0.4, 0.5) is 0 Å². The van der Waals surface area contributed by atoms with Crippen molar-refractivity contribution in [3.05, 3.63) is 47.1 Å². The minimum absolute atomic E-state index is 0.0565. The first-order chi connectivity index (χ1) is 13.0. The van der Waals surface area contributed by atoms with Crippen LogP contribution < -0.4 is 0 Å². The first kappa shape index (κ1) is 18.3. The monoisotopic (exact) mass is 451 g/mol. The van der Waals surface area contributed by atoms with Crippen LogP contribution in [0.2, 0.25) is 0 Å². The van der Waals surface area contributed by atoms with Crippen LogP contribution in [-0.4, -0.2) is 45.5 Å². The van der Waals surface area contributed by atoms with Gasteiger partial charge in [-0.3, -0.25) is 0 Å². The van der Waals surface area contributed by atoms with Gasteiger partial charge in [0.2, 0.25) is 0 Å². The summed E-state index contributed by atoms with van der Waals surface area (Å²) in [6.07, 6.45) is 5.84. The number of benzene rings is 1. The van der Waals surface area contributed by atoms with E-state index >= 15 is 0 Å². The molecule has 8 nitrogen and oxygen atoms in total. The second-order valence-corrected chi connectivity index (χ2v) is 9.17. The van der Waals surface area contributed by atoms with E-state index in [1.54, 1.807) is 4.57 Å². The van der Waals surface area contributed by atoms with Crippen molar-refractivity contribution in [1.82, 2.24) is 24.0 Å². The molecule has 1 fully saturated rings. The molecule has 0 bridgehead atoms. The number of nitrogens with zero attached hydrogens (tertiary/aromatic N) is 5. The van der Waals surface area contributed by atoms with Gasteiger partial charge in [0, 0.05) is 29.3 Å². The van der Waals surface area contributed by atoms with Gasteiger partial charge in [0.15, 0.2) is 10.9 Å². The van der Waals surface area contributed by atoms with E-state index in [0.717, 1.165) is 29.3 Å². The van der Waals surface area contributed by atoms with Crippen molar-refractivity contribution >= 4 is 26.0 Å². The molecule has 2 aromatic heterocycles. The third-order valence-corrected chi connectivity index (χ3v) is 6.73. The Labute approximate surface area is 165 Å². The molecule has 4 rings (SSSR count). The highest BCUT2D eigenvalue weighted by atomic mass is 79.9. The standard InChI is InChI=1S/C17H18BrN5O3S/c18-14-6-4-13(5-7-14)17-20-15(21-26-17)10-22-11-16(19-12-22)27(24,25)23-8-2-1-3-9-23/h4-7,11-12H,1-3,8-10H2. The van der Waals surface area contributed by atoms with Crippen LogP contribution in [0.25, 0.3) is 11.5 Å². The number of sulfonamides is 1. The Morgan fingerprint density at radius 1 is 1.11 bits per heavy atom. The maximum atomic E-state index is 12.7. The summed E-state index contributed by atoms with van der Waals surface area (Å²) < 4.78 is 34.7.